The number of nitrogens with zero attached hydrogens (tertiary/aromatic N) is 1. The van der Waals surface area contributed by atoms with Gasteiger partial charge in [-0.1, -0.05) is 18.2 Å². The van der Waals surface area contributed by atoms with E-state index in [2.05, 4.69) is 16.1 Å². The molecule has 1 aromatic carbocycles. The molecule has 2 aliphatic rings. The summed E-state index contributed by atoms with van der Waals surface area (Å²) in [5.74, 6) is -0.123. The molecule has 2 fully saturated rings. The number of benzene rings is 1. The second kappa shape index (κ2) is 3.99. The number of fused-ring (bicyclic) bond motifs is 1. The largest absolute Gasteiger partial charge is 0.328 e. The standard InChI is InChI=1S/C11H15N5O/c12-11-14-9-8(10(17)15-11)6-13-16(9)7-4-2-1-3-5-7/h1-5,8-9,11,13-14H,6,12H2,(H,15,17). The molecule has 6 heteroatoms. The third-order valence-electron chi connectivity index (χ3n) is 3.16. The molecule has 0 aliphatic carbocycles. The highest BCUT2D eigenvalue weighted by molar-refractivity contribution is 5.82. The first-order chi connectivity index (χ1) is 8.25. The molecule has 3 rings (SSSR count). The van der Waals surface area contributed by atoms with E-state index < -0.39 is 6.29 Å². The van der Waals surface area contributed by atoms with Crippen molar-refractivity contribution in [3.63, 3.8) is 0 Å². The Morgan fingerprint density at radius 2 is 2.06 bits per heavy atom. The fourth-order valence-electron chi connectivity index (χ4n) is 2.34. The van der Waals surface area contributed by atoms with Gasteiger partial charge in [0.1, 0.15) is 12.5 Å². The van der Waals surface area contributed by atoms with Crippen molar-refractivity contribution in [3.8, 4) is 0 Å². The summed E-state index contributed by atoms with van der Waals surface area (Å²) in [6.07, 6.45) is -0.587. The molecule has 3 atom stereocenters. The minimum atomic E-state index is -0.491. The lowest BCUT2D eigenvalue weighted by molar-refractivity contribution is -0.128. The maximum atomic E-state index is 11.8. The fourth-order valence-corrected chi connectivity index (χ4v) is 2.34. The van der Waals surface area contributed by atoms with Crippen LogP contribution in [0.3, 0.4) is 0 Å². The number of amides is 1. The Kier molecular flexibility index (Phi) is 2.47. The summed E-state index contributed by atoms with van der Waals surface area (Å²) < 4.78 is 0. The monoisotopic (exact) mass is 233 g/mol. The van der Waals surface area contributed by atoms with Crippen LogP contribution >= 0.6 is 0 Å². The number of carbonyl (C=O) groups is 1. The van der Waals surface area contributed by atoms with Crippen molar-refractivity contribution in [1.29, 1.82) is 0 Å². The smallest absolute Gasteiger partial charge is 0.230 e. The molecule has 90 valence electrons. The van der Waals surface area contributed by atoms with Crippen molar-refractivity contribution < 1.29 is 4.79 Å². The van der Waals surface area contributed by atoms with Gasteiger partial charge in [-0.2, -0.15) is 0 Å². The van der Waals surface area contributed by atoms with Crippen LogP contribution in [0.25, 0.3) is 0 Å². The molecular weight excluding hydrogens is 218 g/mol. The van der Waals surface area contributed by atoms with Crippen LogP contribution in [-0.4, -0.2) is 24.9 Å². The summed E-state index contributed by atoms with van der Waals surface area (Å²) >= 11 is 0. The Morgan fingerprint density at radius 3 is 2.82 bits per heavy atom. The zero-order valence-corrected chi connectivity index (χ0v) is 9.26. The van der Waals surface area contributed by atoms with Gasteiger partial charge in [0.25, 0.3) is 0 Å². The first-order valence-corrected chi connectivity index (χ1v) is 5.65. The van der Waals surface area contributed by atoms with E-state index in [1.165, 1.54) is 0 Å². The molecule has 1 aromatic rings. The van der Waals surface area contributed by atoms with Crippen LogP contribution in [0.1, 0.15) is 0 Å². The van der Waals surface area contributed by atoms with Crippen LogP contribution in [0.4, 0.5) is 5.69 Å². The van der Waals surface area contributed by atoms with Crippen LogP contribution in [-0.2, 0) is 4.79 Å². The molecule has 0 saturated carbocycles. The van der Waals surface area contributed by atoms with Gasteiger partial charge < -0.3 is 5.32 Å². The van der Waals surface area contributed by atoms with Crippen LogP contribution in [0.15, 0.2) is 30.3 Å². The summed E-state index contributed by atoms with van der Waals surface area (Å²) in [7, 11) is 0. The number of rotatable bonds is 1. The number of para-hydroxylation sites is 1. The van der Waals surface area contributed by atoms with E-state index in [9.17, 15) is 4.79 Å². The van der Waals surface area contributed by atoms with Gasteiger partial charge in [0.05, 0.1) is 11.6 Å². The molecule has 0 spiro atoms. The highest BCUT2D eigenvalue weighted by Gasteiger charge is 2.43. The fraction of sp³-hybridized carbons (Fsp3) is 0.364. The van der Waals surface area contributed by atoms with Crippen molar-refractivity contribution >= 4 is 11.6 Å². The average Bonchev–Trinajstić information content (AvgIpc) is 2.74. The van der Waals surface area contributed by atoms with Crippen molar-refractivity contribution in [1.82, 2.24) is 16.1 Å². The number of nitrogens with one attached hydrogen (secondary N) is 3. The summed E-state index contributed by atoms with van der Waals surface area (Å²) in [6.45, 7) is 0.616. The Balaban J connectivity index is 1.87. The Bertz CT molecular complexity index is 423. The maximum absolute atomic E-state index is 11.8. The lowest BCUT2D eigenvalue weighted by Gasteiger charge is -2.35. The van der Waals surface area contributed by atoms with E-state index in [4.69, 9.17) is 5.73 Å². The van der Waals surface area contributed by atoms with Crippen LogP contribution < -0.4 is 26.8 Å². The molecule has 0 aromatic heterocycles. The molecule has 2 aliphatic heterocycles. The third-order valence-corrected chi connectivity index (χ3v) is 3.16. The lowest BCUT2D eigenvalue weighted by atomic mass is 10.0. The van der Waals surface area contributed by atoms with Crippen LogP contribution in [0.2, 0.25) is 0 Å². The molecule has 5 N–H and O–H groups in total. The van der Waals surface area contributed by atoms with Gasteiger partial charge in [0.15, 0.2) is 0 Å². The first-order valence-electron chi connectivity index (χ1n) is 5.65. The number of hydrogen-bond donors (Lipinski definition) is 4. The summed E-state index contributed by atoms with van der Waals surface area (Å²) in [5, 5.41) is 7.81. The van der Waals surface area contributed by atoms with Gasteiger partial charge in [-0.15, -0.1) is 0 Å². The van der Waals surface area contributed by atoms with Crippen LogP contribution in [0, 0.1) is 5.92 Å². The van der Waals surface area contributed by atoms with E-state index in [1.54, 1.807) is 0 Å². The molecular formula is C11H15N5O. The van der Waals surface area contributed by atoms with Gasteiger partial charge in [-0.05, 0) is 12.1 Å². The molecule has 2 heterocycles. The minimum Gasteiger partial charge on any atom is -0.328 e. The highest BCUT2D eigenvalue weighted by Crippen LogP contribution is 2.23. The van der Waals surface area contributed by atoms with Gasteiger partial charge in [-0.25, -0.2) is 5.43 Å². The lowest BCUT2D eigenvalue weighted by Crippen LogP contribution is -2.67. The van der Waals surface area contributed by atoms with E-state index in [1.807, 2.05) is 35.3 Å². The zero-order valence-electron chi connectivity index (χ0n) is 9.26. The van der Waals surface area contributed by atoms with E-state index in [0.717, 1.165) is 5.69 Å². The third kappa shape index (κ3) is 1.76. The van der Waals surface area contributed by atoms with Gasteiger partial charge in [0, 0.05) is 6.54 Å². The van der Waals surface area contributed by atoms with E-state index in [-0.39, 0.29) is 18.0 Å². The number of carbonyl (C=O) groups excluding carboxylic acids is 1. The highest BCUT2D eigenvalue weighted by atomic mass is 16.2. The molecule has 0 bridgehead atoms. The predicted molar refractivity (Wildman–Crippen MR) is 63.5 cm³/mol. The molecule has 17 heavy (non-hydrogen) atoms. The maximum Gasteiger partial charge on any atom is 0.230 e. The first kappa shape index (κ1) is 10.5. The van der Waals surface area contributed by atoms with Gasteiger partial charge >= 0.3 is 0 Å². The van der Waals surface area contributed by atoms with Crippen molar-refractivity contribution in [3.05, 3.63) is 30.3 Å². The topological polar surface area (TPSA) is 82.4 Å². The molecule has 6 nitrogen and oxygen atoms in total. The SMILES string of the molecule is NC1NC(=O)C2CNN(c3ccccc3)C2N1. The second-order valence-electron chi connectivity index (χ2n) is 4.27. The minimum absolute atomic E-state index is 0.00724. The summed E-state index contributed by atoms with van der Waals surface area (Å²) in [5.41, 5.74) is 9.97. The van der Waals surface area contributed by atoms with Gasteiger partial charge in [-0.3, -0.25) is 20.9 Å². The molecule has 2 saturated heterocycles. The Hall–Kier alpha value is -1.63. The van der Waals surface area contributed by atoms with Crippen molar-refractivity contribution in [2.75, 3.05) is 11.6 Å². The summed E-state index contributed by atoms with van der Waals surface area (Å²) in [6, 6.07) is 9.88. The number of anilines is 1. The van der Waals surface area contributed by atoms with Crippen LogP contribution in [0.5, 0.6) is 0 Å². The quantitative estimate of drug-likeness (QED) is 0.496. The number of hydrazine groups is 1. The van der Waals surface area contributed by atoms with Crippen molar-refractivity contribution in [2.45, 2.75) is 12.5 Å². The van der Waals surface area contributed by atoms with Gasteiger partial charge in [0.2, 0.25) is 5.91 Å². The number of nitrogens with two attached hydrogens (primary N) is 1. The zero-order chi connectivity index (χ0) is 11.8. The Morgan fingerprint density at radius 1 is 1.29 bits per heavy atom. The second-order valence-corrected chi connectivity index (χ2v) is 4.27. The molecule has 1 amide bonds. The summed E-state index contributed by atoms with van der Waals surface area (Å²) in [4.78, 5) is 11.8. The normalized spacial score (nSPS) is 32.2. The number of hydrogen-bond acceptors (Lipinski definition) is 5. The van der Waals surface area contributed by atoms with E-state index >= 15 is 0 Å². The van der Waals surface area contributed by atoms with E-state index in [0.29, 0.717) is 6.54 Å². The Labute approximate surface area is 99.1 Å². The molecule has 3 unspecified atom stereocenters. The average molecular weight is 233 g/mol. The predicted octanol–water partition coefficient (Wildman–Crippen LogP) is -1.08. The van der Waals surface area contributed by atoms with Crippen molar-refractivity contribution in [2.24, 2.45) is 11.7 Å². The molecule has 0 radical (unpaired) electrons.